The second-order valence-corrected chi connectivity index (χ2v) is 11.5. The lowest BCUT2D eigenvalue weighted by molar-refractivity contribution is 0.456. The van der Waals surface area contributed by atoms with Crippen LogP contribution in [-0.2, 0) is 7.05 Å². The first-order valence-electron chi connectivity index (χ1n) is 6.91. The van der Waals surface area contributed by atoms with Crippen LogP contribution >= 0.6 is 0 Å². The van der Waals surface area contributed by atoms with Crippen molar-refractivity contribution in [3.8, 4) is 5.88 Å². The Kier molecular flexibility index (Phi) is 4.64. The maximum Gasteiger partial charge on any atom is 0.260 e. The Morgan fingerprint density at radius 3 is 1.78 bits per heavy atom. The van der Waals surface area contributed by atoms with Crippen molar-refractivity contribution in [2.45, 2.75) is 65.1 Å². The van der Waals surface area contributed by atoms with Crippen molar-refractivity contribution in [2.75, 3.05) is 0 Å². The van der Waals surface area contributed by atoms with Gasteiger partial charge in [0.25, 0.3) is 8.32 Å². The molecule has 1 aromatic heterocycles. The fraction of sp³-hybridized carbons (Fsp3) is 0.786. The highest BCUT2D eigenvalue weighted by Gasteiger charge is 2.47. The van der Waals surface area contributed by atoms with E-state index in [-0.39, 0.29) is 0 Å². The molecule has 0 saturated heterocycles. The van der Waals surface area contributed by atoms with Crippen LogP contribution in [0.5, 0.6) is 5.88 Å². The number of hydrogen-bond acceptors (Lipinski definition) is 2. The minimum absolute atomic E-state index is 0.583. The summed E-state index contributed by atoms with van der Waals surface area (Å²) >= 11 is 0. The molecule has 0 bridgehead atoms. The lowest BCUT2D eigenvalue weighted by Gasteiger charge is -2.41. The summed E-state index contributed by atoms with van der Waals surface area (Å²) in [5.41, 5.74) is 2.89. The third-order valence-corrected chi connectivity index (χ3v) is 10.1. The lowest BCUT2D eigenvalue weighted by atomic mass is 10.5. The summed E-state index contributed by atoms with van der Waals surface area (Å²) in [5.74, 6) is 0.803. The van der Waals surface area contributed by atoms with E-state index >= 15 is 0 Å². The first-order valence-corrected chi connectivity index (χ1v) is 9.05. The van der Waals surface area contributed by atoms with Crippen LogP contribution in [0.4, 0.5) is 0 Å². The maximum absolute atomic E-state index is 6.50. The van der Waals surface area contributed by atoms with Gasteiger partial charge in [0, 0.05) is 18.8 Å². The first kappa shape index (κ1) is 15.3. The van der Waals surface area contributed by atoms with E-state index in [2.05, 4.69) is 59.6 Å². The molecule has 0 aliphatic heterocycles. The molecule has 0 unspecified atom stereocenters. The molecule has 0 N–H and O–H groups in total. The van der Waals surface area contributed by atoms with Gasteiger partial charge < -0.3 is 4.43 Å². The van der Waals surface area contributed by atoms with Gasteiger partial charge in [-0.15, -0.1) is 5.10 Å². The van der Waals surface area contributed by atoms with Crippen LogP contribution < -0.4 is 4.43 Å². The molecular formula is C14H28N2OSi. The predicted molar refractivity (Wildman–Crippen MR) is 79.6 cm³/mol. The average Bonchev–Trinajstić information content (AvgIpc) is 2.53. The molecule has 3 nitrogen and oxygen atoms in total. The van der Waals surface area contributed by atoms with Crippen molar-refractivity contribution >= 4 is 8.32 Å². The van der Waals surface area contributed by atoms with E-state index in [0.717, 1.165) is 11.6 Å². The fourth-order valence-corrected chi connectivity index (χ4v) is 8.28. The Bertz CT molecular complexity index is 355. The van der Waals surface area contributed by atoms with Crippen LogP contribution in [0.3, 0.4) is 0 Å². The summed E-state index contributed by atoms with van der Waals surface area (Å²) in [5, 5.41) is 4.47. The van der Waals surface area contributed by atoms with Gasteiger partial charge in [0.15, 0.2) is 0 Å². The largest absolute Gasteiger partial charge is 0.529 e. The standard InChI is InChI=1S/C14H28N2OSi/c1-10(2)18(11(3)4,12(5)6)17-14-9-13(7)16(8)15-14/h9-12H,1-8H3. The molecule has 0 aliphatic rings. The molecule has 1 heterocycles. The van der Waals surface area contributed by atoms with Gasteiger partial charge in [-0.25, -0.2) is 0 Å². The molecule has 0 aromatic carbocycles. The van der Waals surface area contributed by atoms with Crippen molar-refractivity contribution in [3.05, 3.63) is 11.8 Å². The summed E-state index contributed by atoms with van der Waals surface area (Å²) in [4.78, 5) is 0. The van der Waals surface area contributed by atoms with Crippen molar-refractivity contribution in [1.82, 2.24) is 9.78 Å². The smallest absolute Gasteiger partial charge is 0.260 e. The Balaban J connectivity index is 3.12. The molecule has 18 heavy (non-hydrogen) atoms. The Morgan fingerprint density at radius 1 is 1.06 bits per heavy atom. The van der Waals surface area contributed by atoms with Gasteiger partial charge in [-0.1, -0.05) is 41.5 Å². The van der Waals surface area contributed by atoms with Crippen molar-refractivity contribution in [2.24, 2.45) is 7.05 Å². The van der Waals surface area contributed by atoms with Gasteiger partial charge in [-0.05, 0) is 23.5 Å². The summed E-state index contributed by atoms with van der Waals surface area (Å²) in [6, 6.07) is 2.05. The van der Waals surface area contributed by atoms with E-state index in [0.29, 0.717) is 16.6 Å². The normalized spacial score (nSPS) is 12.8. The zero-order valence-corrected chi connectivity index (χ0v) is 14.1. The minimum Gasteiger partial charge on any atom is -0.529 e. The minimum atomic E-state index is -1.85. The summed E-state index contributed by atoms with van der Waals surface area (Å²) < 4.78 is 8.38. The highest BCUT2D eigenvalue weighted by atomic mass is 28.4. The van der Waals surface area contributed by atoms with E-state index in [4.69, 9.17) is 4.43 Å². The van der Waals surface area contributed by atoms with Gasteiger partial charge in [0.2, 0.25) is 5.88 Å². The average molecular weight is 268 g/mol. The molecule has 1 aromatic rings. The van der Waals surface area contributed by atoms with Crippen LogP contribution in [0.1, 0.15) is 47.2 Å². The number of nitrogens with zero attached hydrogens (tertiary/aromatic N) is 2. The van der Waals surface area contributed by atoms with Crippen molar-refractivity contribution in [1.29, 1.82) is 0 Å². The van der Waals surface area contributed by atoms with Gasteiger partial charge in [0.05, 0.1) is 0 Å². The summed E-state index contributed by atoms with van der Waals surface area (Å²) in [6.07, 6.45) is 0. The number of rotatable bonds is 5. The molecule has 0 saturated carbocycles. The van der Waals surface area contributed by atoms with E-state index in [1.807, 2.05) is 11.7 Å². The molecule has 4 heteroatoms. The number of aryl methyl sites for hydroxylation is 2. The molecule has 0 aliphatic carbocycles. The summed E-state index contributed by atoms with van der Waals surface area (Å²) in [6.45, 7) is 15.8. The number of hydrogen-bond donors (Lipinski definition) is 0. The Hall–Kier alpha value is -0.773. The zero-order valence-electron chi connectivity index (χ0n) is 13.1. The van der Waals surface area contributed by atoms with Crippen LogP contribution in [0, 0.1) is 6.92 Å². The van der Waals surface area contributed by atoms with E-state index in [1.165, 1.54) is 0 Å². The van der Waals surface area contributed by atoms with Gasteiger partial charge >= 0.3 is 0 Å². The molecule has 0 spiro atoms. The first-order chi connectivity index (χ1) is 8.21. The lowest BCUT2D eigenvalue weighted by Crippen LogP contribution is -2.50. The highest BCUT2D eigenvalue weighted by molar-refractivity contribution is 6.78. The highest BCUT2D eigenvalue weighted by Crippen LogP contribution is 2.42. The topological polar surface area (TPSA) is 27.1 Å². The van der Waals surface area contributed by atoms with E-state index in [9.17, 15) is 0 Å². The second-order valence-electron chi connectivity index (χ2n) is 6.17. The molecule has 0 radical (unpaired) electrons. The summed E-state index contributed by atoms with van der Waals surface area (Å²) in [7, 11) is 0.110. The van der Waals surface area contributed by atoms with Gasteiger partial charge in [0.1, 0.15) is 0 Å². The van der Waals surface area contributed by atoms with Gasteiger partial charge in [-0.2, -0.15) is 0 Å². The maximum atomic E-state index is 6.50. The van der Waals surface area contributed by atoms with Crippen molar-refractivity contribution < 1.29 is 4.43 Å². The predicted octanol–water partition coefficient (Wildman–Crippen LogP) is 4.28. The second kappa shape index (κ2) is 5.47. The molecule has 104 valence electrons. The zero-order chi connectivity index (χ0) is 14.1. The fourth-order valence-electron chi connectivity index (χ4n) is 3.11. The van der Waals surface area contributed by atoms with Gasteiger partial charge in [-0.3, -0.25) is 4.68 Å². The van der Waals surface area contributed by atoms with E-state index in [1.54, 1.807) is 0 Å². The third kappa shape index (κ3) is 2.63. The van der Waals surface area contributed by atoms with Crippen LogP contribution in [0.15, 0.2) is 6.07 Å². The molecule has 0 amide bonds. The monoisotopic (exact) mass is 268 g/mol. The van der Waals surface area contributed by atoms with Crippen LogP contribution in [0.25, 0.3) is 0 Å². The van der Waals surface area contributed by atoms with E-state index < -0.39 is 8.32 Å². The SMILES string of the molecule is Cc1cc(O[Si](C(C)C)(C(C)C)C(C)C)nn1C. The van der Waals surface area contributed by atoms with Crippen LogP contribution in [-0.4, -0.2) is 18.1 Å². The molecule has 1 rings (SSSR count). The molecule has 0 fully saturated rings. The molecule has 0 atom stereocenters. The van der Waals surface area contributed by atoms with Crippen molar-refractivity contribution in [3.63, 3.8) is 0 Å². The quantitative estimate of drug-likeness (QED) is 0.745. The Morgan fingerprint density at radius 2 is 1.50 bits per heavy atom. The molecular weight excluding hydrogens is 240 g/mol. The number of aromatic nitrogens is 2. The van der Waals surface area contributed by atoms with Crippen LogP contribution in [0.2, 0.25) is 16.6 Å². The Labute approximate surface area is 113 Å². The third-order valence-electron chi connectivity index (χ3n) is 4.08.